The Labute approximate surface area is 201 Å². The molecule has 1 aliphatic rings. The molecule has 5 nitrogen and oxygen atoms in total. The Morgan fingerprint density at radius 1 is 1.00 bits per heavy atom. The SMILES string of the molecule is O=c1c2c3c(sc2n2c(SCc4c(Cl)cccc4Cl)nnc2n1-c1ccccc1)CCC3. The summed E-state index contributed by atoms with van der Waals surface area (Å²) in [5.74, 6) is 1.07. The molecule has 3 heterocycles. The highest BCUT2D eigenvalue weighted by Crippen LogP contribution is 2.38. The number of thiophene rings is 1. The Balaban J connectivity index is 1.59. The number of hydrogen-bond acceptors (Lipinski definition) is 5. The van der Waals surface area contributed by atoms with E-state index in [9.17, 15) is 4.79 Å². The van der Waals surface area contributed by atoms with Gasteiger partial charge in [0, 0.05) is 20.7 Å². The maximum Gasteiger partial charge on any atom is 0.268 e. The molecule has 0 bridgehead atoms. The van der Waals surface area contributed by atoms with Crippen molar-refractivity contribution in [1.82, 2.24) is 19.2 Å². The summed E-state index contributed by atoms with van der Waals surface area (Å²) < 4.78 is 3.69. The lowest BCUT2D eigenvalue weighted by molar-refractivity contribution is 0.910. The Morgan fingerprint density at radius 2 is 1.78 bits per heavy atom. The van der Waals surface area contributed by atoms with E-state index in [1.165, 1.54) is 22.2 Å². The van der Waals surface area contributed by atoms with Gasteiger partial charge in [0.2, 0.25) is 5.78 Å². The molecule has 0 saturated heterocycles. The number of fused-ring (bicyclic) bond motifs is 5. The van der Waals surface area contributed by atoms with E-state index >= 15 is 0 Å². The van der Waals surface area contributed by atoms with Crippen molar-refractivity contribution in [3.63, 3.8) is 0 Å². The van der Waals surface area contributed by atoms with E-state index in [2.05, 4.69) is 10.2 Å². The fourth-order valence-corrected chi connectivity index (χ4v) is 7.38. The maximum absolute atomic E-state index is 13.7. The molecule has 0 atom stereocenters. The summed E-state index contributed by atoms with van der Waals surface area (Å²) in [4.78, 5) is 15.9. The first kappa shape index (κ1) is 20.3. The van der Waals surface area contributed by atoms with Crippen LogP contribution in [-0.2, 0) is 18.6 Å². The average Bonchev–Trinajstić information content (AvgIpc) is 3.48. The molecular weight excluding hydrogens is 483 g/mol. The molecule has 32 heavy (non-hydrogen) atoms. The predicted molar refractivity (Wildman–Crippen MR) is 132 cm³/mol. The van der Waals surface area contributed by atoms with Crippen LogP contribution in [-0.4, -0.2) is 19.2 Å². The Morgan fingerprint density at radius 3 is 2.56 bits per heavy atom. The number of thioether (sulfide) groups is 1. The highest BCUT2D eigenvalue weighted by atomic mass is 35.5. The molecule has 5 aromatic rings. The Hall–Kier alpha value is -2.32. The third kappa shape index (κ3) is 3.10. The summed E-state index contributed by atoms with van der Waals surface area (Å²) in [7, 11) is 0. The third-order valence-corrected chi connectivity index (χ3v) is 8.70. The number of benzene rings is 2. The number of aryl methyl sites for hydroxylation is 2. The van der Waals surface area contributed by atoms with Crippen LogP contribution in [0, 0.1) is 0 Å². The fraction of sp³-hybridized carbons (Fsp3) is 0.174. The molecule has 0 spiro atoms. The predicted octanol–water partition coefficient (Wildman–Crippen LogP) is 6.18. The van der Waals surface area contributed by atoms with Crippen molar-refractivity contribution in [3.05, 3.63) is 84.9 Å². The van der Waals surface area contributed by atoms with Gasteiger partial charge in [-0.25, -0.2) is 8.97 Å². The number of para-hydroxylation sites is 1. The van der Waals surface area contributed by atoms with Crippen LogP contribution in [0.1, 0.15) is 22.4 Å². The van der Waals surface area contributed by atoms with Crippen LogP contribution in [0.15, 0.2) is 58.5 Å². The van der Waals surface area contributed by atoms with Gasteiger partial charge in [-0.15, -0.1) is 21.5 Å². The zero-order valence-electron chi connectivity index (χ0n) is 16.7. The van der Waals surface area contributed by atoms with Crippen molar-refractivity contribution in [3.8, 4) is 5.69 Å². The number of rotatable bonds is 4. The minimum absolute atomic E-state index is 0.0313. The molecule has 0 saturated carbocycles. The van der Waals surface area contributed by atoms with Gasteiger partial charge in [-0.3, -0.25) is 4.79 Å². The second kappa shape index (κ2) is 7.92. The molecule has 6 rings (SSSR count). The number of hydrogen-bond donors (Lipinski definition) is 0. The van der Waals surface area contributed by atoms with Gasteiger partial charge in [-0.1, -0.05) is 59.2 Å². The van der Waals surface area contributed by atoms with Crippen molar-refractivity contribution in [2.45, 2.75) is 30.2 Å². The molecule has 1 aliphatic carbocycles. The van der Waals surface area contributed by atoms with E-state index in [0.717, 1.165) is 40.7 Å². The third-order valence-electron chi connectivity index (χ3n) is 5.76. The van der Waals surface area contributed by atoms with Crippen molar-refractivity contribution in [1.29, 1.82) is 0 Å². The molecule has 0 radical (unpaired) electrons. The Kier molecular flexibility index (Phi) is 5.02. The largest absolute Gasteiger partial charge is 0.268 e. The Bertz CT molecular complexity index is 1540. The smallest absolute Gasteiger partial charge is 0.268 e. The lowest BCUT2D eigenvalue weighted by atomic mass is 10.2. The second-order valence-electron chi connectivity index (χ2n) is 7.62. The molecule has 3 aromatic heterocycles. The van der Waals surface area contributed by atoms with Gasteiger partial charge >= 0.3 is 0 Å². The zero-order valence-corrected chi connectivity index (χ0v) is 19.9. The average molecular weight is 499 g/mol. The minimum atomic E-state index is -0.0313. The van der Waals surface area contributed by atoms with Gasteiger partial charge in [0.1, 0.15) is 4.83 Å². The van der Waals surface area contributed by atoms with E-state index < -0.39 is 0 Å². The standard InChI is InChI=1S/C23H16Cl2N4OS2/c24-16-9-5-10-17(25)15(16)12-31-23-27-26-22-28(13-6-2-1-3-7-13)20(30)19-14-8-4-11-18(14)32-21(19)29(22)23/h1-3,5-7,9-10H,4,8,11-12H2. The summed E-state index contributed by atoms with van der Waals surface area (Å²) in [6.07, 6.45) is 3.04. The maximum atomic E-state index is 13.7. The lowest BCUT2D eigenvalue weighted by Gasteiger charge is -2.10. The molecule has 0 amide bonds. The number of halogens is 2. The molecule has 0 fully saturated rings. The fourth-order valence-electron chi connectivity index (χ4n) is 4.27. The number of aromatic nitrogens is 4. The second-order valence-corrected chi connectivity index (χ2v) is 10.5. The van der Waals surface area contributed by atoms with E-state index in [0.29, 0.717) is 26.7 Å². The van der Waals surface area contributed by atoms with E-state index in [1.807, 2.05) is 52.9 Å². The van der Waals surface area contributed by atoms with Crippen LogP contribution in [0.3, 0.4) is 0 Å². The monoisotopic (exact) mass is 498 g/mol. The van der Waals surface area contributed by atoms with E-state index in [-0.39, 0.29) is 5.56 Å². The quantitative estimate of drug-likeness (QED) is 0.277. The van der Waals surface area contributed by atoms with Crippen LogP contribution in [0.4, 0.5) is 0 Å². The van der Waals surface area contributed by atoms with Crippen LogP contribution in [0.2, 0.25) is 10.0 Å². The summed E-state index contributed by atoms with van der Waals surface area (Å²) >= 11 is 16.0. The highest BCUT2D eigenvalue weighted by molar-refractivity contribution is 7.98. The summed E-state index contributed by atoms with van der Waals surface area (Å²) in [6, 6.07) is 15.1. The van der Waals surface area contributed by atoms with Crippen LogP contribution < -0.4 is 5.56 Å². The molecule has 0 aliphatic heterocycles. The van der Waals surface area contributed by atoms with Crippen molar-refractivity contribution < 1.29 is 0 Å². The van der Waals surface area contributed by atoms with Crippen molar-refractivity contribution >= 4 is 62.3 Å². The first-order valence-electron chi connectivity index (χ1n) is 10.2. The van der Waals surface area contributed by atoms with Crippen LogP contribution in [0.25, 0.3) is 21.7 Å². The summed E-state index contributed by atoms with van der Waals surface area (Å²) in [6.45, 7) is 0. The molecule has 2 aromatic carbocycles. The zero-order chi connectivity index (χ0) is 21.8. The first-order valence-corrected chi connectivity index (χ1v) is 12.7. The van der Waals surface area contributed by atoms with Crippen molar-refractivity contribution in [2.24, 2.45) is 0 Å². The van der Waals surface area contributed by atoms with Gasteiger partial charge in [0.05, 0.1) is 11.1 Å². The molecule has 9 heteroatoms. The molecular formula is C23H16Cl2N4OS2. The first-order chi connectivity index (χ1) is 15.6. The van der Waals surface area contributed by atoms with Gasteiger partial charge in [-0.2, -0.15) is 0 Å². The topological polar surface area (TPSA) is 52.2 Å². The van der Waals surface area contributed by atoms with Crippen LogP contribution in [0.5, 0.6) is 0 Å². The van der Waals surface area contributed by atoms with Gasteiger partial charge in [-0.05, 0) is 54.7 Å². The van der Waals surface area contributed by atoms with Crippen molar-refractivity contribution in [2.75, 3.05) is 0 Å². The summed E-state index contributed by atoms with van der Waals surface area (Å²) in [5, 5.41) is 11.7. The lowest BCUT2D eigenvalue weighted by Crippen LogP contribution is -2.21. The van der Waals surface area contributed by atoms with Gasteiger partial charge in [0.25, 0.3) is 5.56 Å². The molecule has 0 N–H and O–H groups in total. The molecule has 0 unspecified atom stereocenters. The van der Waals surface area contributed by atoms with E-state index in [4.69, 9.17) is 23.2 Å². The van der Waals surface area contributed by atoms with Gasteiger partial charge < -0.3 is 0 Å². The van der Waals surface area contributed by atoms with Gasteiger partial charge in [0.15, 0.2) is 5.16 Å². The summed E-state index contributed by atoms with van der Waals surface area (Å²) in [5.41, 5.74) is 2.79. The highest BCUT2D eigenvalue weighted by Gasteiger charge is 2.26. The molecule has 160 valence electrons. The van der Waals surface area contributed by atoms with E-state index in [1.54, 1.807) is 15.9 Å². The minimum Gasteiger partial charge on any atom is -0.268 e. The van der Waals surface area contributed by atoms with Crippen LogP contribution >= 0.6 is 46.3 Å². The normalized spacial score (nSPS) is 13.3. The number of nitrogens with zero attached hydrogens (tertiary/aromatic N) is 4.